The number of rotatable bonds is 8. The molecule has 9 nitrogen and oxygen atoms in total. The molecule has 2 atom stereocenters. The Kier molecular flexibility index (Phi) is 8.17. The fourth-order valence-corrected chi connectivity index (χ4v) is 3.90. The zero-order valence-corrected chi connectivity index (χ0v) is 20.8. The number of urea groups is 1. The summed E-state index contributed by atoms with van der Waals surface area (Å²) in [6, 6.07) is 10.9. The normalized spacial score (nSPS) is 16.1. The van der Waals surface area contributed by atoms with E-state index in [1.54, 1.807) is 70.3 Å². The Labute approximate surface area is 206 Å². The first kappa shape index (κ1) is 25.1. The third-order valence-corrected chi connectivity index (χ3v) is 5.69. The van der Waals surface area contributed by atoms with Crippen LogP contribution < -0.4 is 25.4 Å². The Morgan fingerprint density at radius 1 is 1.18 bits per heavy atom. The molecule has 0 aromatic heterocycles. The van der Waals surface area contributed by atoms with Crippen LogP contribution in [-0.4, -0.2) is 37.7 Å². The molecule has 3 N–H and O–H groups in total. The van der Waals surface area contributed by atoms with E-state index in [9.17, 15) is 14.4 Å². The fraction of sp³-hybridized carbons (Fsp3) is 0.292. The zero-order chi connectivity index (χ0) is 24.8. The van der Waals surface area contributed by atoms with Crippen LogP contribution in [0.1, 0.15) is 32.4 Å². The van der Waals surface area contributed by atoms with Gasteiger partial charge in [-0.1, -0.05) is 6.07 Å². The number of halogens is 1. The molecule has 2 aromatic rings. The highest BCUT2D eigenvalue weighted by Gasteiger charge is 2.32. The number of anilines is 1. The maximum Gasteiger partial charge on any atom is 0.347 e. The van der Waals surface area contributed by atoms with Crippen LogP contribution in [-0.2, 0) is 14.3 Å². The molecule has 0 fully saturated rings. The molecule has 10 heteroatoms. The molecule has 0 saturated carbocycles. The lowest BCUT2D eigenvalue weighted by atomic mass is 9.94. The van der Waals surface area contributed by atoms with Crippen molar-refractivity contribution in [3.8, 4) is 11.5 Å². The van der Waals surface area contributed by atoms with E-state index in [-0.39, 0.29) is 12.5 Å². The molecule has 0 bridgehead atoms. The number of esters is 1. The van der Waals surface area contributed by atoms with Crippen molar-refractivity contribution in [2.45, 2.75) is 32.9 Å². The van der Waals surface area contributed by atoms with Gasteiger partial charge in [0.1, 0.15) is 11.5 Å². The number of hydrogen-bond donors (Lipinski definition) is 3. The van der Waals surface area contributed by atoms with E-state index >= 15 is 0 Å². The lowest BCUT2D eigenvalue weighted by Crippen LogP contribution is -2.46. The van der Waals surface area contributed by atoms with Crippen LogP contribution >= 0.6 is 15.9 Å². The summed E-state index contributed by atoms with van der Waals surface area (Å²) in [5.74, 6) is 0.254. The zero-order valence-electron chi connectivity index (χ0n) is 19.2. The molecule has 1 heterocycles. The molecule has 3 rings (SSSR count). The van der Waals surface area contributed by atoms with Gasteiger partial charge >= 0.3 is 12.0 Å². The topological polar surface area (TPSA) is 115 Å². The molecular formula is C24H26BrN3O6. The van der Waals surface area contributed by atoms with Crippen molar-refractivity contribution >= 4 is 39.5 Å². The first-order valence-electron chi connectivity index (χ1n) is 10.6. The number of benzene rings is 2. The Hall–Kier alpha value is -3.53. The van der Waals surface area contributed by atoms with Gasteiger partial charge in [-0.3, -0.25) is 4.79 Å². The monoisotopic (exact) mass is 531 g/mol. The number of allylic oxidation sites excluding steroid dienone is 1. The number of hydrogen-bond acceptors (Lipinski definition) is 6. The van der Waals surface area contributed by atoms with E-state index < -0.39 is 24.1 Å². The minimum Gasteiger partial charge on any atom is -0.497 e. The van der Waals surface area contributed by atoms with Crippen LogP contribution in [0.5, 0.6) is 11.5 Å². The van der Waals surface area contributed by atoms with Gasteiger partial charge in [0, 0.05) is 11.4 Å². The molecule has 3 amide bonds. The number of carbonyl (C=O) groups is 3. The fourth-order valence-electron chi connectivity index (χ4n) is 3.41. The molecule has 34 heavy (non-hydrogen) atoms. The van der Waals surface area contributed by atoms with Crippen LogP contribution in [0.3, 0.4) is 0 Å². The SMILES string of the molecule is CCOC(=O)[C@H](C)Oc1ccc([C@H]2NC(=O)NC(C)=C2C(=O)Nc2ccc(OC)cc2)cc1Br. The lowest BCUT2D eigenvalue weighted by Gasteiger charge is -2.29. The molecule has 0 radical (unpaired) electrons. The quantitative estimate of drug-likeness (QED) is 0.442. The van der Waals surface area contributed by atoms with Gasteiger partial charge in [-0.25, -0.2) is 9.59 Å². The van der Waals surface area contributed by atoms with Crippen LogP contribution in [0.15, 0.2) is 58.2 Å². The summed E-state index contributed by atoms with van der Waals surface area (Å²) in [4.78, 5) is 37.3. The maximum atomic E-state index is 13.2. The molecule has 0 unspecified atom stereocenters. The van der Waals surface area contributed by atoms with Crippen molar-refractivity contribution in [2.75, 3.05) is 19.0 Å². The van der Waals surface area contributed by atoms with Crippen LogP contribution in [0, 0.1) is 0 Å². The van der Waals surface area contributed by atoms with E-state index in [0.717, 1.165) is 0 Å². The summed E-state index contributed by atoms with van der Waals surface area (Å²) in [5.41, 5.74) is 2.03. The Bertz CT molecular complexity index is 1120. The van der Waals surface area contributed by atoms with Gasteiger partial charge in [0.25, 0.3) is 5.91 Å². The van der Waals surface area contributed by atoms with Gasteiger partial charge in [-0.2, -0.15) is 0 Å². The van der Waals surface area contributed by atoms with Crippen LogP contribution in [0.25, 0.3) is 0 Å². The highest BCUT2D eigenvalue weighted by molar-refractivity contribution is 9.10. The summed E-state index contributed by atoms with van der Waals surface area (Å²) in [7, 11) is 1.56. The molecule has 1 aliphatic rings. The van der Waals surface area contributed by atoms with Gasteiger partial charge in [0.2, 0.25) is 0 Å². The Morgan fingerprint density at radius 2 is 1.88 bits per heavy atom. The van der Waals surface area contributed by atoms with Crippen molar-refractivity contribution in [1.82, 2.24) is 10.6 Å². The molecular weight excluding hydrogens is 506 g/mol. The Balaban J connectivity index is 1.85. The number of amides is 3. The number of nitrogens with one attached hydrogen (secondary N) is 3. The molecule has 0 saturated heterocycles. The van der Waals surface area contributed by atoms with Crippen LogP contribution in [0.4, 0.5) is 10.5 Å². The highest BCUT2D eigenvalue weighted by atomic mass is 79.9. The van der Waals surface area contributed by atoms with Gasteiger partial charge < -0.3 is 30.2 Å². The number of methoxy groups -OCH3 is 1. The van der Waals surface area contributed by atoms with E-state index in [2.05, 4.69) is 31.9 Å². The second-order valence-corrected chi connectivity index (χ2v) is 8.31. The summed E-state index contributed by atoms with van der Waals surface area (Å²) in [5, 5.41) is 8.30. The molecule has 1 aliphatic heterocycles. The largest absolute Gasteiger partial charge is 0.497 e. The third-order valence-electron chi connectivity index (χ3n) is 5.07. The predicted molar refractivity (Wildman–Crippen MR) is 130 cm³/mol. The smallest absolute Gasteiger partial charge is 0.347 e. The predicted octanol–water partition coefficient (Wildman–Crippen LogP) is 4.05. The van der Waals surface area contributed by atoms with E-state index in [1.807, 2.05) is 0 Å². The first-order chi connectivity index (χ1) is 16.2. The molecule has 0 spiro atoms. The summed E-state index contributed by atoms with van der Waals surface area (Å²) in [6.07, 6.45) is -0.798. The summed E-state index contributed by atoms with van der Waals surface area (Å²) >= 11 is 3.45. The van der Waals surface area contributed by atoms with E-state index in [1.165, 1.54) is 0 Å². The van der Waals surface area contributed by atoms with E-state index in [4.69, 9.17) is 14.2 Å². The van der Waals surface area contributed by atoms with Gasteiger partial charge in [0.05, 0.1) is 29.8 Å². The lowest BCUT2D eigenvalue weighted by molar-refractivity contribution is -0.150. The second-order valence-electron chi connectivity index (χ2n) is 7.45. The van der Waals surface area contributed by atoms with Gasteiger partial charge in [-0.15, -0.1) is 0 Å². The van der Waals surface area contributed by atoms with Gasteiger partial charge in [-0.05, 0) is 78.7 Å². The van der Waals surface area contributed by atoms with Crippen molar-refractivity contribution in [3.63, 3.8) is 0 Å². The third kappa shape index (κ3) is 5.88. The standard InChI is InChI=1S/C24H26BrN3O6/c1-5-33-23(30)14(3)34-19-11-6-15(12-18(19)25)21-20(13(2)26-24(31)28-21)22(29)27-16-7-9-17(32-4)10-8-16/h6-12,14,21H,5H2,1-4H3,(H,27,29)(H2,26,28,31)/t14-,21+/m0/s1. The number of carbonyl (C=O) groups excluding carboxylic acids is 3. The highest BCUT2D eigenvalue weighted by Crippen LogP contribution is 2.34. The summed E-state index contributed by atoms with van der Waals surface area (Å²) < 4.78 is 16.4. The van der Waals surface area contributed by atoms with E-state index in [0.29, 0.717) is 38.5 Å². The summed E-state index contributed by atoms with van der Waals surface area (Å²) in [6.45, 7) is 5.25. The average molecular weight is 532 g/mol. The molecule has 180 valence electrons. The maximum absolute atomic E-state index is 13.2. The minimum absolute atomic E-state index is 0.259. The van der Waals surface area contributed by atoms with Gasteiger partial charge in [0.15, 0.2) is 6.10 Å². The average Bonchev–Trinajstić information content (AvgIpc) is 2.80. The second kappa shape index (κ2) is 11.1. The van der Waals surface area contributed by atoms with Crippen molar-refractivity contribution < 1.29 is 28.6 Å². The Morgan fingerprint density at radius 3 is 2.50 bits per heavy atom. The van der Waals surface area contributed by atoms with Crippen molar-refractivity contribution in [3.05, 3.63) is 63.8 Å². The van der Waals surface area contributed by atoms with Crippen molar-refractivity contribution in [1.29, 1.82) is 0 Å². The number of ether oxygens (including phenoxy) is 3. The van der Waals surface area contributed by atoms with Crippen molar-refractivity contribution in [2.24, 2.45) is 0 Å². The minimum atomic E-state index is -0.798. The molecule has 0 aliphatic carbocycles. The first-order valence-corrected chi connectivity index (χ1v) is 11.4. The van der Waals surface area contributed by atoms with Crippen LogP contribution in [0.2, 0.25) is 0 Å². The molecule has 2 aromatic carbocycles.